The van der Waals surface area contributed by atoms with Crippen LogP contribution >= 0.6 is 0 Å². The van der Waals surface area contributed by atoms with Crippen LogP contribution in [0.3, 0.4) is 0 Å². The van der Waals surface area contributed by atoms with E-state index in [2.05, 4.69) is 26.4 Å². The molecule has 1 saturated carbocycles. The molecule has 1 aliphatic carbocycles. The number of nitrogens with two attached hydrogens (primary N) is 1. The third-order valence-electron chi connectivity index (χ3n) is 7.60. The Labute approximate surface area is 207 Å². The number of alkyl halides is 3. The highest BCUT2D eigenvalue weighted by molar-refractivity contribution is 6.00. The number of benzene rings is 1. The Morgan fingerprint density at radius 1 is 1.25 bits per heavy atom. The molecule has 3 aliphatic rings. The number of carbonyl (C=O) groups excluding carboxylic acids is 1. The molecule has 3 fully saturated rings. The number of hydrogen-bond donors (Lipinski definition) is 3. The Bertz CT molecular complexity index is 1140. The van der Waals surface area contributed by atoms with E-state index >= 15 is 0 Å². The van der Waals surface area contributed by atoms with Crippen molar-refractivity contribution in [1.29, 1.82) is 0 Å². The second-order valence-electron chi connectivity index (χ2n) is 9.75. The van der Waals surface area contributed by atoms with Crippen LogP contribution in [0.2, 0.25) is 0 Å². The van der Waals surface area contributed by atoms with Crippen LogP contribution in [-0.4, -0.2) is 61.5 Å². The Balaban J connectivity index is 1.21. The zero-order valence-electron chi connectivity index (χ0n) is 20.0. The molecular weight excluding hydrogens is 475 g/mol. The first-order valence-corrected chi connectivity index (χ1v) is 12.2. The minimum absolute atomic E-state index is 0.127. The van der Waals surface area contributed by atoms with Gasteiger partial charge < -0.3 is 30.7 Å². The minimum atomic E-state index is -4.80. The number of nitrogens with one attached hydrogen (secondary N) is 2. The van der Waals surface area contributed by atoms with Crippen LogP contribution in [0.1, 0.15) is 41.6 Å². The van der Waals surface area contributed by atoms with Gasteiger partial charge in [0, 0.05) is 50.5 Å². The van der Waals surface area contributed by atoms with Crippen molar-refractivity contribution in [3.8, 4) is 5.75 Å². The molecule has 1 aromatic heterocycles. The predicted molar refractivity (Wildman–Crippen MR) is 129 cm³/mol. The van der Waals surface area contributed by atoms with Crippen molar-refractivity contribution in [2.45, 2.75) is 43.5 Å². The molecule has 0 radical (unpaired) electrons. The Morgan fingerprint density at radius 2 is 2.03 bits per heavy atom. The topological polar surface area (TPSA) is 102 Å². The lowest BCUT2D eigenvalue weighted by atomic mass is 9.90. The molecule has 1 amide bonds. The summed E-state index contributed by atoms with van der Waals surface area (Å²) in [5, 5.41) is 6.32. The number of rotatable bonds is 6. The fourth-order valence-corrected chi connectivity index (χ4v) is 5.48. The highest BCUT2D eigenvalue weighted by Gasteiger charge is 2.56. The summed E-state index contributed by atoms with van der Waals surface area (Å²) < 4.78 is 47.2. The van der Waals surface area contributed by atoms with Gasteiger partial charge in [-0.25, -0.2) is 4.98 Å². The molecule has 8 nitrogen and oxygen atoms in total. The van der Waals surface area contributed by atoms with Crippen LogP contribution in [-0.2, 0) is 10.2 Å². The maximum atomic E-state index is 13.1. The molecule has 2 atom stereocenters. The molecule has 1 aromatic carbocycles. The molecule has 2 unspecified atom stereocenters. The molecule has 11 heteroatoms. The Morgan fingerprint density at radius 3 is 2.72 bits per heavy atom. The van der Waals surface area contributed by atoms with E-state index in [0.717, 1.165) is 37.8 Å². The van der Waals surface area contributed by atoms with Gasteiger partial charge in [-0.15, -0.1) is 13.2 Å². The number of likely N-dealkylation sites (tertiary alicyclic amines) is 1. The van der Waals surface area contributed by atoms with Crippen molar-refractivity contribution >= 4 is 23.1 Å². The average Bonchev–Trinajstić information content (AvgIpc) is 3.60. The summed E-state index contributed by atoms with van der Waals surface area (Å²) in [6, 6.07) is 5.94. The standard InChI is InChI=1S/C25H30F3N5O3/c1-30-20-11-18(36-25(26,27)28)2-3-19(20)23(34)33-7-4-17(5-8-33)32-21-10-15(13-31-22(21)29)24-6-9-35-14-16(24)12-24/h2-3,10-11,13,16-17,30,32H,4-9,12,14H2,1H3,(H2,29,31). The van der Waals surface area contributed by atoms with E-state index in [-0.39, 0.29) is 28.8 Å². The SMILES string of the molecule is CNc1cc(OC(F)(F)F)ccc1C(=O)N1CCC(Nc2cc(C34CCOCC3C4)cnc2N)CC1. The molecule has 194 valence electrons. The molecule has 2 aromatic rings. The second kappa shape index (κ2) is 9.34. The number of halogens is 3. The van der Waals surface area contributed by atoms with Crippen LogP contribution < -0.4 is 21.1 Å². The van der Waals surface area contributed by atoms with Gasteiger partial charge in [0.15, 0.2) is 0 Å². The van der Waals surface area contributed by atoms with Crippen molar-refractivity contribution in [1.82, 2.24) is 9.88 Å². The Hall–Kier alpha value is -3.21. The summed E-state index contributed by atoms with van der Waals surface area (Å²) >= 11 is 0. The Kier molecular flexibility index (Phi) is 6.36. The first-order valence-electron chi connectivity index (χ1n) is 12.2. The van der Waals surface area contributed by atoms with Gasteiger partial charge in [-0.2, -0.15) is 0 Å². The van der Waals surface area contributed by atoms with Gasteiger partial charge in [-0.1, -0.05) is 0 Å². The lowest BCUT2D eigenvalue weighted by Gasteiger charge is -2.33. The zero-order chi connectivity index (χ0) is 25.5. The number of hydrogen-bond acceptors (Lipinski definition) is 7. The average molecular weight is 506 g/mol. The fraction of sp³-hybridized carbons (Fsp3) is 0.520. The lowest BCUT2D eigenvalue weighted by Crippen LogP contribution is -2.42. The number of fused-ring (bicyclic) bond motifs is 1. The second-order valence-corrected chi connectivity index (χ2v) is 9.75. The normalized spacial score (nSPS) is 24.1. The van der Waals surface area contributed by atoms with E-state index in [4.69, 9.17) is 10.5 Å². The maximum Gasteiger partial charge on any atom is 0.573 e. The van der Waals surface area contributed by atoms with Gasteiger partial charge >= 0.3 is 6.36 Å². The van der Waals surface area contributed by atoms with E-state index in [1.54, 1.807) is 11.9 Å². The summed E-state index contributed by atoms with van der Waals surface area (Å²) in [7, 11) is 1.55. The number of pyridine rings is 1. The molecule has 2 aliphatic heterocycles. The first-order chi connectivity index (χ1) is 17.2. The van der Waals surface area contributed by atoms with Crippen LogP contribution in [0.5, 0.6) is 5.75 Å². The van der Waals surface area contributed by atoms with E-state index in [1.165, 1.54) is 17.7 Å². The largest absolute Gasteiger partial charge is 0.573 e. The number of ether oxygens (including phenoxy) is 2. The first kappa shape index (κ1) is 24.5. The number of carbonyl (C=O) groups is 1. The molecule has 0 spiro atoms. The van der Waals surface area contributed by atoms with Gasteiger partial charge in [-0.3, -0.25) is 4.79 Å². The predicted octanol–water partition coefficient (Wildman–Crippen LogP) is 4.00. The van der Waals surface area contributed by atoms with Gasteiger partial charge in [0.05, 0.1) is 23.5 Å². The highest BCUT2D eigenvalue weighted by Crippen LogP contribution is 2.59. The van der Waals surface area contributed by atoms with Crippen molar-refractivity contribution in [3.63, 3.8) is 0 Å². The fourth-order valence-electron chi connectivity index (χ4n) is 5.48. The van der Waals surface area contributed by atoms with Gasteiger partial charge in [0.2, 0.25) is 0 Å². The van der Waals surface area contributed by atoms with Crippen LogP contribution in [0.15, 0.2) is 30.5 Å². The van der Waals surface area contributed by atoms with Crippen molar-refractivity contribution < 1.29 is 27.4 Å². The van der Waals surface area contributed by atoms with E-state index in [9.17, 15) is 18.0 Å². The number of nitrogen functional groups attached to an aromatic ring is 1. The zero-order valence-corrected chi connectivity index (χ0v) is 20.0. The maximum absolute atomic E-state index is 13.1. The van der Waals surface area contributed by atoms with Crippen LogP contribution in [0, 0.1) is 5.92 Å². The summed E-state index contributed by atoms with van der Waals surface area (Å²) in [4.78, 5) is 19.3. The molecule has 0 bridgehead atoms. The number of aromatic nitrogens is 1. The van der Waals surface area contributed by atoms with E-state index in [1.807, 2.05) is 6.20 Å². The number of anilines is 3. The van der Waals surface area contributed by atoms with Crippen LogP contribution in [0.25, 0.3) is 0 Å². The van der Waals surface area contributed by atoms with E-state index in [0.29, 0.717) is 43.2 Å². The number of piperidine rings is 1. The molecular formula is C25H30F3N5O3. The molecule has 5 rings (SSSR count). The van der Waals surface area contributed by atoms with Gasteiger partial charge in [0.25, 0.3) is 5.91 Å². The third kappa shape index (κ3) is 4.88. The summed E-state index contributed by atoms with van der Waals surface area (Å²) in [6.45, 7) is 2.59. The summed E-state index contributed by atoms with van der Waals surface area (Å²) in [5.74, 6) is 0.392. The molecule has 2 saturated heterocycles. The van der Waals surface area contributed by atoms with Crippen LogP contribution in [0.4, 0.5) is 30.4 Å². The smallest absolute Gasteiger partial charge is 0.406 e. The third-order valence-corrected chi connectivity index (χ3v) is 7.60. The monoisotopic (exact) mass is 505 g/mol. The molecule has 4 N–H and O–H groups in total. The van der Waals surface area contributed by atoms with Gasteiger partial charge in [0.1, 0.15) is 11.6 Å². The summed E-state index contributed by atoms with van der Waals surface area (Å²) in [6.07, 6.45) is 0.631. The van der Waals surface area contributed by atoms with Crippen molar-refractivity contribution in [2.75, 3.05) is 49.7 Å². The van der Waals surface area contributed by atoms with Gasteiger partial charge in [-0.05, 0) is 55.4 Å². The molecule has 36 heavy (non-hydrogen) atoms. The highest BCUT2D eigenvalue weighted by atomic mass is 19.4. The molecule has 3 heterocycles. The lowest BCUT2D eigenvalue weighted by molar-refractivity contribution is -0.274. The quantitative estimate of drug-likeness (QED) is 0.546. The number of nitrogens with zero attached hydrogens (tertiary/aromatic N) is 2. The van der Waals surface area contributed by atoms with Crippen molar-refractivity contribution in [2.24, 2.45) is 5.92 Å². The van der Waals surface area contributed by atoms with E-state index < -0.39 is 6.36 Å². The van der Waals surface area contributed by atoms with Crippen molar-refractivity contribution in [3.05, 3.63) is 41.6 Å². The number of amides is 1. The summed E-state index contributed by atoms with van der Waals surface area (Å²) in [5.41, 5.74) is 8.95. The minimum Gasteiger partial charge on any atom is -0.406 e.